The van der Waals surface area contributed by atoms with E-state index >= 15 is 0 Å². The molecule has 4 rings (SSSR count). The second-order valence-electron chi connectivity index (χ2n) is 9.05. The molecule has 6 nitrogen and oxygen atoms in total. The van der Waals surface area contributed by atoms with Gasteiger partial charge in [-0.3, -0.25) is 9.69 Å². The van der Waals surface area contributed by atoms with E-state index in [1.807, 2.05) is 17.0 Å². The first kappa shape index (κ1) is 23.5. The van der Waals surface area contributed by atoms with E-state index in [1.165, 1.54) is 6.07 Å². The fraction of sp³-hybridized carbons (Fsp3) is 0.500. The van der Waals surface area contributed by atoms with Crippen molar-refractivity contribution in [2.24, 2.45) is 0 Å². The minimum absolute atomic E-state index is 0.0914. The zero-order valence-electron chi connectivity index (χ0n) is 19.0. The summed E-state index contributed by atoms with van der Waals surface area (Å²) < 4.78 is 25.2. The lowest BCUT2D eigenvalue weighted by Crippen LogP contribution is -2.47. The third kappa shape index (κ3) is 6.68. The van der Waals surface area contributed by atoms with E-state index in [-0.39, 0.29) is 18.3 Å². The zero-order chi connectivity index (χ0) is 23.1. The van der Waals surface area contributed by atoms with Crippen LogP contribution in [0.3, 0.4) is 0 Å². The number of piperidine rings is 1. The number of hydrogen-bond donors (Lipinski definition) is 1. The van der Waals surface area contributed by atoms with Crippen LogP contribution in [-0.2, 0) is 11.3 Å². The fourth-order valence-corrected chi connectivity index (χ4v) is 4.42. The Bertz CT molecular complexity index is 930. The number of aliphatic hydroxyl groups is 1. The molecule has 33 heavy (non-hydrogen) atoms. The third-order valence-corrected chi connectivity index (χ3v) is 6.44. The van der Waals surface area contributed by atoms with Gasteiger partial charge in [-0.15, -0.1) is 0 Å². The van der Waals surface area contributed by atoms with Crippen LogP contribution in [0.5, 0.6) is 11.5 Å². The van der Waals surface area contributed by atoms with Gasteiger partial charge < -0.3 is 19.5 Å². The lowest BCUT2D eigenvalue weighted by molar-refractivity contribution is -0.127. The summed E-state index contributed by atoms with van der Waals surface area (Å²) in [6.07, 6.45) is 3.62. The minimum atomic E-state index is -0.944. The molecule has 2 aromatic carbocycles. The molecular weight excluding hydrogens is 423 g/mol. The van der Waals surface area contributed by atoms with E-state index in [9.17, 15) is 14.3 Å². The summed E-state index contributed by atoms with van der Waals surface area (Å²) in [5.41, 5.74) is 0.218. The van der Waals surface area contributed by atoms with Crippen LogP contribution in [0.1, 0.15) is 37.7 Å². The van der Waals surface area contributed by atoms with E-state index in [4.69, 9.17) is 9.47 Å². The number of likely N-dealkylation sites (tertiary alicyclic amines) is 2. The summed E-state index contributed by atoms with van der Waals surface area (Å²) in [7, 11) is 0. The highest BCUT2D eigenvalue weighted by atomic mass is 19.1. The quantitative estimate of drug-likeness (QED) is 0.554. The van der Waals surface area contributed by atoms with Crippen molar-refractivity contribution in [1.82, 2.24) is 9.80 Å². The Morgan fingerprint density at radius 1 is 1.03 bits per heavy atom. The third-order valence-electron chi connectivity index (χ3n) is 6.44. The predicted octanol–water partition coefficient (Wildman–Crippen LogP) is 3.62. The van der Waals surface area contributed by atoms with Gasteiger partial charge in [-0.25, -0.2) is 4.39 Å². The first-order valence-corrected chi connectivity index (χ1v) is 11.8. The number of benzene rings is 2. The van der Waals surface area contributed by atoms with Crippen LogP contribution in [0.2, 0.25) is 0 Å². The van der Waals surface area contributed by atoms with Crippen molar-refractivity contribution in [3.8, 4) is 11.5 Å². The molecule has 0 saturated carbocycles. The molecule has 0 spiro atoms. The number of halogens is 1. The number of para-hydroxylation sites is 1. The molecule has 2 saturated heterocycles. The van der Waals surface area contributed by atoms with Crippen molar-refractivity contribution < 1.29 is 23.8 Å². The molecule has 178 valence electrons. The molecule has 2 aliphatic rings. The number of carbonyl (C=O) groups is 1. The molecule has 2 aromatic rings. The van der Waals surface area contributed by atoms with Crippen LogP contribution in [0, 0.1) is 5.82 Å². The lowest BCUT2D eigenvalue weighted by Gasteiger charge is -2.38. The number of rotatable bonds is 10. The average molecular weight is 457 g/mol. The van der Waals surface area contributed by atoms with E-state index in [1.54, 1.807) is 18.2 Å². The summed E-state index contributed by atoms with van der Waals surface area (Å²) in [4.78, 5) is 15.9. The number of carbonyl (C=O) groups excluding carboxylic acids is 1. The van der Waals surface area contributed by atoms with Crippen LogP contribution >= 0.6 is 0 Å². The zero-order valence-corrected chi connectivity index (χ0v) is 19.0. The average Bonchev–Trinajstić information content (AvgIpc) is 3.23. The minimum Gasteiger partial charge on any atom is -0.494 e. The largest absolute Gasteiger partial charge is 0.494 e. The van der Waals surface area contributed by atoms with Crippen molar-refractivity contribution in [3.63, 3.8) is 0 Å². The normalized spacial score (nSPS) is 18.5. The highest BCUT2D eigenvalue weighted by molar-refractivity contribution is 5.77. The standard InChI is InChI=1S/C26H33FN2O4/c27-23-8-1-2-9-24(23)33-20-26(31)11-15-28(16-12-26)19-21-6-3-7-22(18-21)32-17-5-14-29-13-4-10-25(29)30/h1-3,6-9,18,31H,4-5,10-17,19-20H2. The maximum Gasteiger partial charge on any atom is 0.222 e. The number of nitrogens with zero attached hydrogens (tertiary/aromatic N) is 2. The molecule has 2 heterocycles. The second-order valence-corrected chi connectivity index (χ2v) is 9.05. The van der Waals surface area contributed by atoms with Gasteiger partial charge in [-0.05, 0) is 55.5 Å². The van der Waals surface area contributed by atoms with Crippen molar-refractivity contribution in [2.45, 2.75) is 44.2 Å². The number of amides is 1. The smallest absolute Gasteiger partial charge is 0.222 e. The van der Waals surface area contributed by atoms with Gasteiger partial charge in [-0.1, -0.05) is 24.3 Å². The molecule has 0 atom stereocenters. The Labute approximate surface area is 194 Å². The summed E-state index contributed by atoms with van der Waals surface area (Å²) in [5, 5.41) is 10.8. The Morgan fingerprint density at radius 2 is 1.85 bits per heavy atom. The second kappa shape index (κ2) is 11.0. The van der Waals surface area contributed by atoms with Gasteiger partial charge >= 0.3 is 0 Å². The molecule has 0 unspecified atom stereocenters. The maximum atomic E-state index is 13.7. The molecule has 1 amide bonds. The van der Waals surface area contributed by atoms with Gasteiger partial charge in [0.05, 0.1) is 6.61 Å². The van der Waals surface area contributed by atoms with E-state index in [0.717, 1.165) is 56.9 Å². The molecule has 0 bridgehead atoms. The Hall–Kier alpha value is -2.64. The summed E-state index contributed by atoms with van der Waals surface area (Å²) in [6.45, 7) is 4.58. The van der Waals surface area contributed by atoms with Crippen LogP contribution in [-0.4, -0.2) is 65.8 Å². The summed E-state index contributed by atoms with van der Waals surface area (Å²) in [6, 6.07) is 14.4. The van der Waals surface area contributed by atoms with Crippen molar-refractivity contribution in [3.05, 3.63) is 59.9 Å². The van der Waals surface area contributed by atoms with Crippen molar-refractivity contribution >= 4 is 5.91 Å². The van der Waals surface area contributed by atoms with Crippen LogP contribution in [0.15, 0.2) is 48.5 Å². The Balaban J connectivity index is 1.19. The first-order valence-electron chi connectivity index (χ1n) is 11.8. The molecule has 0 aromatic heterocycles. The van der Waals surface area contributed by atoms with Gasteiger partial charge in [0.2, 0.25) is 5.91 Å². The molecule has 0 radical (unpaired) electrons. The molecular formula is C26H33FN2O4. The van der Waals surface area contributed by atoms with Gasteiger partial charge in [-0.2, -0.15) is 0 Å². The highest BCUT2D eigenvalue weighted by Crippen LogP contribution is 2.26. The van der Waals surface area contributed by atoms with E-state index < -0.39 is 11.4 Å². The van der Waals surface area contributed by atoms with Gasteiger partial charge in [0.1, 0.15) is 18.0 Å². The maximum absolute atomic E-state index is 13.7. The SMILES string of the molecule is O=C1CCCN1CCCOc1cccc(CN2CCC(O)(COc3ccccc3F)CC2)c1. The van der Waals surface area contributed by atoms with Crippen LogP contribution in [0.25, 0.3) is 0 Å². The Morgan fingerprint density at radius 3 is 2.61 bits per heavy atom. The monoisotopic (exact) mass is 456 g/mol. The van der Waals surface area contributed by atoms with Crippen LogP contribution < -0.4 is 9.47 Å². The van der Waals surface area contributed by atoms with Gasteiger partial charge in [0, 0.05) is 39.1 Å². The highest BCUT2D eigenvalue weighted by Gasteiger charge is 2.33. The fourth-order valence-electron chi connectivity index (χ4n) is 4.42. The van der Waals surface area contributed by atoms with Crippen molar-refractivity contribution in [1.29, 1.82) is 0 Å². The summed E-state index contributed by atoms with van der Waals surface area (Å²) in [5.74, 6) is 0.860. The van der Waals surface area contributed by atoms with Crippen molar-refractivity contribution in [2.75, 3.05) is 39.4 Å². The molecule has 2 fully saturated rings. The van der Waals surface area contributed by atoms with E-state index in [2.05, 4.69) is 17.0 Å². The molecule has 0 aliphatic carbocycles. The van der Waals surface area contributed by atoms with Gasteiger partial charge in [0.25, 0.3) is 0 Å². The Kier molecular flexibility index (Phi) is 7.83. The predicted molar refractivity (Wildman–Crippen MR) is 124 cm³/mol. The topological polar surface area (TPSA) is 62.2 Å². The molecule has 1 N–H and O–H groups in total. The van der Waals surface area contributed by atoms with Crippen LogP contribution in [0.4, 0.5) is 4.39 Å². The molecule has 2 aliphatic heterocycles. The summed E-state index contributed by atoms with van der Waals surface area (Å²) >= 11 is 0. The molecule has 7 heteroatoms. The lowest BCUT2D eigenvalue weighted by atomic mass is 9.92. The number of hydrogen-bond acceptors (Lipinski definition) is 5. The first-order chi connectivity index (χ1) is 16.0. The number of ether oxygens (including phenoxy) is 2. The van der Waals surface area contributed by atoms with Gasteiger partial charge in [0.15, 0.2) is 11.6 Å². The van der Waals surface area contributed by atoms with E-state index in [0.29, 0.717) is 25.9 Å².